The topological polar surface area (TPSA) is 112 Å². The fourth-order valence-electron chi connectivity index (χ4n) is 3.35. The van der Waals surface area contributed by atoms with Crippen LogP contribution in [0, 0.1) is 11.5 Å². The monoisotopic (exact) mass is 624 g/mol. The lowest BCUT2D eigenvalue weighted by atomic mass is 10.2. The molecule has 2 aromatic carbocycles. The maximum atomic E-state index is 12.8. The molecule has 1 fully saturated rings. The summed E-state index contributed by atoms with van der Waals surface area (Å²) in [6.45, 7) is -0.207. The van der Waals surface area contributed by atoms with Crippen LogP contribution < -0.4 is 10.0 Å². The zero-order valence-electron chi connectivity index (χ0n) is 17.1. The van der Waals surface area contributed by atoms with Gasteiger partial charge in [-0.25, -0.2) is 17.9 Å². The van der Waals surface area contributed by atoms with E-state index >= 15 is 0 Å². The molecule has 1 heterocycles. The third-order valence-electron chi connectivity index (χ3n) is 4.89. The Labute approximate surface area is 210 Å². The number of hydrogen-bond donors (Lipinski definition) is 2. The highest BCUT2D eigenvalue weighted by Crippen LogP contribution is 2.31. The van der Waals surface area contributed by atoms with Gasteiger partial charge in [-0.05, 0) is 58.7 Å². The van der Waals surface area contributed by atoms with E-state index in [1.807, 2.05) is 6.19 Å². The standard InChI is InChI=1S/C20H17Br2F3N4O4S/c21-13-4-5-17(22)18(7-13)34(31,32)28-15-8-16(29(9-15)11-26)10-33-19(30)27-14-3-1-2-12(6-14)20(23,24)25/h1-7,15-16,28H,8-10H2,(H,27,30)/t15?,16-/m1/s1. The second-order valence-electron chi connectivity index (χ2n) is 7.34. The van der Waals surface area contributed by atoms with Crippen molar-refractivity contribution in [2.45, 2.75) is 29.6 Å². The van der Waals surface area contributed by atoms with Crippen molar-refractivity contribution < 1.29 is 31.1 Å². The van der Waals surface area contributed by atoms with Crippen LogP contribution in [-0.2, 0) is 20.9 Å². The molecule has 0 radical (unpaired) electrons. The van der Waals surface area contributed by atoms with Crippen molar-refractivity contribution >= 4 is 53.7 Å². The number of nitrogens with zero attached hydrogens (tertiary/aromatic N) is 2. The molecule has 1 aliphatic rings. The number of hydrogen-bond acceptors (Lipinski definition) is 6. The first kappa shape index (κ1) is 26.3. The van der Waals surface area contributed by atoms with E-state index in [4.69, 9.17) is 4.74 Å². The van der Waals surface area contributed by atoms with E-state index in [1.165, 1.54) is 17.0 Å². The average Bonchev–Trinajstić information content (AvgIpc) is 3.14. The molecule has 1 unspecified atom stereocenters. The third-order valence-corrected chi connectivity index (χ3v) is 7.90. The minimum Gasteiger partial charge on any atom is -0.447 e. The smallest absolute Gasteiger partial charge is 0.416 e. The summed E-state index contributed by atoms with van der Waals surface area (Å²) in [5.41, 5.74) is -1.03. The highest BCUT2D eigenvalue weighted by Gasteiger charge is 2.36. The molecular weight excluding hydrogens is 609 g/mol. The SMILES string of the molecule is N#CN1CC(NS(=O)(=O)c2cc(Br)ccc2Br)C[C@@H]1COC(=O)Nc1cccc(C(F)(F)F)c1. The molecule has 3 rings (SSSR count). The Morgan fingerprint density at radius 1 is 1.24 bits per heavy atom. The first-order valence-electron chi connectivity index (χ1n) is 9.64. The predicted molar refractivity (Wildman–Crippen MR) is 123 cm³/mol. The van der Waals surface area contributed by atoms with Crippen molar-refractivity contribution in [3.63, 3.8) is 0 Å². The van der Waals surface area contributed by atoms with Gasteiger partial charge in [-0.15, -0.1) is 0 Å². The van der Waals surface area contributed by atoms with E-state index in [0.717, 1.165) is 18.2 Å². The molecule has 0 aliphatic carbocycles. The first-order chi connectivity index (χ1) is 15.9. The van der Waals surface area contributed by atoms with E-state index in [-0.39, 0.29) is 30.2 Å². The zero-order chi connectivity index (χ0) is 25.1. The molecule has 0 saturated carbocycles. The molecule has 1 aliphatic heterocycles. The number of rotatable bonds is 6. The van der Waals surface area contributed by atoms with Gasteiger partial charge in [-0.3, -0.25) is 5.32 Å². The number of carbonyl (C=O) groups excluding carboxylic acids is 1. The summed E-state index contributed by atoms with van der Waals surface area (Å²) in [7, 11) is -3.92. The molecule has 1 amide bonds. The Balaban J connectivity index is 1.59. The lowest BCUT2D eigenvalue weighted by Crippen LogP contribution is -2.36. The molecule has 2 atom stereocenters. The minimum atomic E-state index is -4.56. The minimum absolute atomic E-state index is 0.0190. The van der Waals surface area contributed by atoms with Crippen LogP contribution >= 0.6 is 31.9 Å². The van der Waals surface area contributed by atoms with Gasteiger partial charge in [-0.1, -0.05) is 22.0 Å². The van der Waals surface area contributed by atoms with Crippen LogP contribution in [0.5, 0.6) is 0 Å². The Morgan fingerprint density at radius 3 is 2.65 bits per heavy atom. The van der Waals surface area contributed by atoms with Gasteiger partial charge in [0.2, 0.25) is 10.0 Å². The van der Waals surface area contributed by atoms with Gasteiger partial charge in [-0.2, -0.15) is 18.4 Å². The molecule has 0 spiro atoms. The lowest BCUT2D eigenvalue weighted by molar-refractivity contribution is -0.137. The van der Waals surface area contributed by atoms with Crippen LogP contribution in [0.2, 0.25) is 0 Å². The van der Waals surface area contributed by atoms with Crippen molar-refractivity contribution in [2.75, 3.05) is 18.5 Å². The van der Waals surface area contributed by atoms with Crippen molar-refractivity contribution in [1.29, 1.82) is 5.26 Å². The number of nitrogens with one attached hydrogen (secondary N) is 2. The van der Waals surface area contributed by atoms with Crippen LogP contribution in [-0.4, -0.2) is 44.6 Å². The van der Waals surface area contributed by atoms with Gasteiger partial charge in [0, 0.05) is 27.2 Å². The molecule has 0 bridgehead atoms. The van der Waals surface area contributed by atoms with Crippen molar-refractivity contribution in [3.8, 4) is 6.19 Å². The Kier molecular flexibility index (Phi) is 8.12. The number of likely N-dealkylation sites (tertiary alicyclic amines) is 1. The number of benzene rings is 2. The molecule has 2 aromatic rings. The molecule has 2 N–H and O–H groups in total. The summed E-state index contributed by atoms with van der Waals surface area (Å²) < 4.78 is 72.6. The van der Waals surface area contributed by atoms with E-state index in [0.29, 0.717) is 8.95 Å². The van der Waals surface area contributed by atoms with Crippen LogP contribution in [0.15, 0.2) is 56.3 Å². The van der Waals surface area contributed by atoms with Crippen LogP contribution in [0.3, 0.4) is 0 Å². The number of amides is 1. The summed E-state index contributed by atoms with van der Waals surface area (Å²) in [6, 6.07) is 7.50. The van der Waals surface area contributed by atoms with E-state index in [1.54, 1.807) is 12.1 Å². The maximum Gasteiger partial charge on any atom is 0.416 e. The summed E-state index contributed by atoms with van der Waals surface area (Å²) in [5.74, 6) is 0. The number of alkyl halides is 3. The zero-order valence-corrected chi connectivity index (χ0v) is 21.1. The number of sulfonamides is 1. The average molecular weight is 626 g/mol. The summed E-state index contributed by atoms with van der Waals surface area (Å²) in [5, 5.41) is 11.6. The Bertz CT molecular complexity index is 1220. The predicted octanol–water partition coefficient (Wildman–Crippen LogP) is 4.68. The third kappa shape index (κ3) is 6.62. The fourth-order valence-corrected chi connectivity index (χ4v) is 6.09. The molecule has 34 heavy (non-hydrogen) atoms. The van der Waals surface area contributed by atoms with Crippen LogP contribution in [0.4, 0.5) is 23.7 Å². The summed E-state index contributed by atoms with van der Waals surface area (Å²) in [6.07, 6.45) is -3.46. The van der Waals surface area contributed by atoms with Gasteiger partial charge in [0.05, 0.1) is 16.5 Å². The highest BCUT2D eigenvalue weighted by atomic mass is 79.9. The molecule has 8 nitrogen and oxygen atoms in total. The number of anilines is 1. The lowest BCUT2D eigenvalue weighted by Gasteiger charge is -2.18. The van der Waals surface area contributed by atoms with Crippen LogP contribution in [0.1, 0.15) is 12.0 Å². The van der Waals surface area contributed by atoms with Gasteiger partial charge in [0.15, 0.2) is 6.19 Å². The van der Waals surface area contributed by atoms with Gasteiger partial charge in [0.1, 0.15) is 6.61 Å². The second kappa shape index (κ2) is 10.5. The van der Waals surface area contributed by atoms with Crippen molar-refractivity contribution in [3.05, 3.63) is 57.0 Å². The van der Waals surface area contributed by atoms with E-state index in [2.05, 4.69) is 41.9 Å². The second-order valence-corrected chi connectivity index (χ2v) is 10.8. The molecule has 1 saturated heterocycles. The maximum absolute atomic E-state index is 12.8. The molecule has 0 aromatic heterocycles. The number of halogens is 5. The molecular formula is C20H17Br2F3N4O4S. The number of nitriles is 1. The number of carbonyl (C=O) groups is 1. The summed E-state index contributed by atoms with van der Waals surface area (Å²) >= 11 is 6.44. The fraction of sp³-hybridized carbons (Fsp3) is 0.300. The van der Waals surface area contributed by atoms with E-state index in [9.17, 15) is 31.6 Å². The van der Waals surface area contributed by atoms with Gasteiger partial charge >= 0.3 is 12.3 Å². The van der Waals surface area contributed by atoms with E-state index < -0.39 is 39.9 Å². The quantitative estimate of drug-likeness (QED) is 0.451. The van der Waals surface area contributed by atoms with Gasteiger partial charge in [0.25, 0.3) is 0 Å². The summed E-state index contributed by atoms with van der Waals surface area (Å²) in [4.78, 5) is 13.4. The first-order valence-corrected chi connectivity index (χ1v) is 12.7. The number of ether oxygens (including phenoxy) is 1. The van der Waals surface area contributed by atoms with Crippen LogP contribution in [0.25, 0.3) is 0 Å². The normalized spacial score (nSPS) is 18.4. The molecule has 182 valence electrons. The van der Waals surface area contributed by atoms with Gasteiger partial charge < -0.3 is 9.64 Å². The van der Waals surface area contributed by atoms with Crippen molar-refractivity contribution in [1.82, 2.24) is 9.62 Å². The molecule has 14 heteroatoms. The highest BCUT2D eigenvalue weighted by molar-refractivity contribution is 9.11. The van der Waals surface area contributed by atoms with Crippen molar-refractivity contribution in [2.24, 2.45) is 0 Å². The largest absolute Gasteiger partial charge is 0.447 e. The Morgan fingerprint density at radius 2 is 1.97 bits per heavy atom. The Hall–Kier alpha value is -2.34.